The average Bonchev–Trinajstić information content (AvgIpc) is 3.23. The summed E-state index contributed by atoms with van der Waals surface area (Å²) in [5.74, 6) is 0.874. The molecule has 4 rings (SSSR count). The molecule has 0 radical (unpaired) electrons. The minimum absolute atomic E-state index is 0.385. The van der Waals surface area contributed by atoms with E-state index in [1.54, 1.807) is 6.20 Å². The number of hydrogen-bond donors (Lipinski definition) is 1. The van der Waals surface area contributed by atoms with Gasteiger partial charge in [-0.1, -0.05) is 18.2 Å². The molecular weight excluding hydrogens is 394 g/mol. The van der Waals surface area contributed by atoms with E-state index in [4.69, 9.17) is 9.47 Å². The lowest BCUT2D eigenvalue weighted by molar-refractivity contribution is 0.0168. The van der Waals surface area contributed by atoms with Gasteiger partial charge in [-0.3, -0.25) is 9.88 Å². The molecular formula is C24H29N3O2S. The molecule has 3 aromatic rings. The lowest BCUT2D eigenvalue weighted by atomic mass is 10.1. The fourth-order valence-electron chi connectivity index (χ4n) is 3.67. The largest absolute Gasteiger partial charge is 0.487 e. The second kappa shape index (κ2) is 10.7. The van der Waals surface area contributed by atoms with Gasteiger partial charge in [0, 0.05) is 42.1 Å². The normalized spacial score (nSPS) is 15.8. The zero-order valence-electron chi connectivity index (χ0n) is 17.4. The molecule has 1 aliphatic heterocycles. The van der Waals surface area contributed by atoms with Gasteiger partial charge in [-0.25, -0.2) is 0 Å². The maximum atomic E-state index is 5.92. The van der Waals surface area contributed by atoms with Gasteiger partial charge in [0.15, 0.2) is 0 Å². The number of morpholine rings is 1. The van der Waals surface area contributed by atoms with Gasteiger partial charge in [-0.15, -0.1) is 11.3 Å². The van der Waals surface area contributed by atoms with Crippen molar-refractivity contribution in [2.75, 3.05) is 32.8 Å². The van der Waals surface area contributed by atoms with Gasteiger partial charge in [0.2, 0.25) is 0 Å². The van der Waals surface area contributed by atoms with Crippen molar-refractivity contribution in [2.45, 2.75) is 26.1 Å². The Hall–Kier alpha value is -2.25. The van der Waals surface area contributed by atoms with Crippen molar-refractivity contribution >= 4 is 11.3 Å². The average molecular weight is 424 g/mol. The monoisotopic (exact) mass is 423 g/mol. The van der Waals surface area contributed by atoms with Crippen molar-refractivity contribution < 1.29 is 9.47 Å². The Balaban J connectivity index is 1.33. The van der Waals surface area contributed by atoms with E-state index in [1.165, 1.54) is 15.3 Å². The number of ether oxygens (including phenoxy) is 2. The highest BCUT2D eigenvalue weighted by atomic mass is 32.1. The molecule has 1 aliphatic rings. The first kappa shape index (κ1) is 21.0. The fraction of sp³-hybridized carbons (Fsp3) is 0.375. The van der Waals surface area contributed by atoms with E-state index in [9.17, 15) is 0 Å². The van der Waals surface area contributed by atoms with Crippen LogP contribution in [0.5, 0.6) is 5.75 Å². The van der Waals surface area contributed by atoms with Crippen molar-refractivity contribution in [3.63, 3.8) is 0 Å². The van der Waals surface area contributed by atoms with Crippen LogP contribution in [0.25, 0.3) is 0 Å². The molecule has 158 valence electrons. The van der Waals surface area contributed by atoms with Gasteiger partial charge in [-0.05, 0) is 48.9 Å². The maximum absolute atomic E-state index is 5.92. The van der Waals surface area contributed by atoms with E-state index in [-0.39, 0.29) is 0 Å². The second-order valence-electron chi connectivity index (χ2n) is 7.50. The van der Waals surface area contributed by atoms with E-state index in [0.29, 0.717) is 12.6 Å². The highest BCUT2D eigenvalue weighted by Crippen LogP contribution is 2.28. The highest BCUT2D eigenvalue weighted by Gasteiger charge is 2.23. The van der Waals surface area contributed by atoms with Gasteiger partial charge in [0.25, 0.3) is 0 Å². The van der Waals surface area contributed by atoms with Crippen LogP contribution in [0.1, 0.15) is 27.1 Å². The number of aromatic nitrogens is 1. The predicted octanol–water partition coefficient (Wildman–Crippen LogP) is 4.19. The van der Waals surface area contributed by atoms with E-state index in [2.05, 4.69) is 46.4 Å². The highest BCUT2D eigenvalue weighted by molar-refractivity contribution is 7.12. The Morgan fingerprint density at radius 2 is 2.03 bits per heavy atom. The number of benzene rings is 1. The third-order valence-electron chi connectivity index (χ3n) is 5.25. The summed E-state index contributed by atoms with van der Waals surface area (Å²) >= 11 is 1.89. The van der Waals surface area contributed by atoms with Crippen LogP contribution in [-0.4, -0.2) is 42.7 Å². The van der Waals surface area contributed by atoms with Crippen molar-refractivity contribution in [3.05, 3.63) is 81.8 Å². The summed E-state index contributed by atoms with van der Waals surface area (Å²) in [6, 6.07) is 19.0. The molecule has 2 aromatic heterocycles. The SMILES string of the molecule is Cc1ccc(C(CNCc2cccc(OCc3ccccn3)c2)N2CCOCC2)s1. The molecule has 0 amide bonds. The number of rotatable bonds is 9. The quantitative estimate of drug-likeness (QED) is 0.559. The van der Waals surface area contributed by atoms with E-state index in [1.807, 2.05) is 41.7 Å². The van der Waals surface area contributed by atoms with Gasteiger partial charge in [0.05, 0.1) is 24.9 Å². The molecule has 0 aliphatic carbocycles. The Morgan fingerprint density at radius 3 is 2.80 bits per heavy atom. The Bertz CT molecular complexity index is 910. The van der Waals surface area contributed by atoms with Crippen LogP contribution in [0.3, 0.4) is 0 Å². The van der Waals surface area contributed by atoms with Gasteiger partial charge in [0.1, 0.15) is 12.4 Å². The fourth-order valence-corrected chi connectivity index (χ4v) is 4.68. The number of thiophene rings is 1. The summed E-state index contributed by atoms with van der Waals surface area (Å²) in [5.41, 5.74) is 2.15. The van der Waals surface area contributed by atoms with Gasteiger partial charge >= 0.3 is 0 Å². The Kier molecular flexibility index (Phi) is 7.48. The number of nitrogens with one attached hydrogen (secondary N) is 1. The first-order valence-electron chi connectivity index (χ1n) is 10.5. The summed E-state index contributed by atoms with van der Waals surface area (Å²) < 4.78 is 11.5. The minimum atomic E-state index is 0.385. The summed E-state index contributed by atoms with van der Waals surface area (Å²) in [5, 5.41) is 3.66. The number of aryl methyl sites for hydroxylation is 1. The van der Waals surface area contributed by atoms with Crippen molar-refractivity contribution in [3.8, 4) is 5.75 Å². The van der Waals surface area contributed by atoms with Crippen molar-refractivity contribution in [1.29, 1.82) is 0 Å². The second-order valence-corrected chi connectivity index (χ2v) is 8.82. The number of nitrogens with zero attached hydrogens (tertiary/aromatic N) is 2. The molecule has 6 heteroatoms. The zero-order valence-corrected chi connectivity index (χ0v) is 18.2. The minimum Gasteiger partial charge on any atom is -0.487 e. The molecule has 0 bridgehead atoms. The van der Waals surface area contributed by atoms with E-state index >= 15 is 0 Å². The first-order chi connectivity index (χ1) is 14.8. The molecule has 0 saturated carbocycles. The van der Waals surface area contributed by atoms with Crippen LogP contribution < -0.4 is 10.1 Å². The molecule has 30 heavy (non-hydrogen) atoms. The molecule has 1 aromatic carbocycles. The first-order valence-corrected chi connectivity index (χ1v) is 11.3. The third kappa shape index (κ3) is 5.89. The maximum Gasteiger partial charge on any atom is 0.130 e. The predicted molar refractivity (Wildman–Crippen MR) is 121 cm³/mol. The van der Waals surface area contributed by atoms with E-state index < -0.39 is 0 Å². The smallest absolute Gasteiger partial charge is 0.130 e. The molecule has 1 fully saturated rings. The van der Waals surface area contributed by atoms with Crippen LogP contribution in [-0.2, 0) is 17.9 Å². The zero-order chi connectivity index (χ0) is 20.6. The summed E-state index contributed by atoms with van der Waals surface area (Å²) in [6.07, 6.45) is 1.79. The van der Waals surface area contributed by atoms with Crippen molar-refractivity contribution in [2.24, 2.45) is 0 Å². The van der Waals surface area contributed by atoms with Gasteiger partial charge in [-0.2, -0.15) is 0 Å². The van der Waals surface area contributed by atoms with E-state index in [0.717, 1.165) is 50.8 Å². The molecule has 1 saturated heterocycles. The summed E-state index contributed by atoms with van der Waals surface area (Å²) in [4.78, 5) is 9.63. The van der Waals surface area contributed by atoms with Gasteiger partial charge < -0.3 is 14.8 Å². The Labute approximate surface area is 182 Å². The lowest BCUT2D eigenvalue weighted by Crippen LogP contribution is -2.42. The number of hydrogen-bond acceptors (Lipinski definition) is 6. The third-order valence-corrected chi connectivity index (χ3v) is 6.36. The summed E-state index contributed by atoms with van der Waals surface area (Å²) in [6.45, 7) is 7.99. The van der Waals surface area contributed by atoms with Crippen LogP contribution >= 0.6 is 11.3 Å². The van der Waals surface area contributed by atoms with Crippen LogP contribution in [0.4, 0.5) is 0 Å². The molecule has 1 unspecified atom stereocenters. The van der Waals surface area contributed by atoms with Crippen LogP contribution in [0.2, 0.25) is 0 Å². The Morgan fingerprint density at radius 1 is 1.13 bits per heavy atom. The molecule has 3 heterocycles. The molecule has 1 atom stereocenters. The van der Waals surface area contributed by atoms with Crippen LogP contribution in [0, 0.1) is 6.92 Å². The number of pyridine rings is 1. The molecule has 5 nitrogen and oxygen atoms in total. The molecule has 1 N–H and O–H groups in total. The standard InChI is InChI=1S/C24H29N3O2S/c1-19-8-9-24(30-19)23(27-11-13-28-14-12-27)17-25-16-20-5-4-7-22(15-20)29-18-21-6-2-3-10-26-21/h2-10,15,23,25H,11-14,16-18H2,1H3. The summed E-state index contributed by atoms with van der Waals surface area (Å²) in [7, 11) is 0. The topological polar surface area (TPSA) is 46.6 Å². The molecule has 0 spiro atoms. The van der Waals surface area contributed by atoms with Crippen LogP contribution in [0.15, 0.2) is 60.8 Å². The van der Waals surface area contributed by atoms with Crippen molar-refractivity contribution in [1.82, 2.24) is 15.2 Å². The lowest BCUT2D eigenvalue weighted by Gasteiger charge is -2.34.